The Hall–Kier alpha value is -0.820. The van der Waals surface area contributed by atoms with Gasteiger partial charge in [0.25, 0.3) is 0 Å². The van der Waals surface area contributed by atoms with E-state index in [0.29, 0.717) is 5.92 Å². The van der Waals surface area contributed by atoms with Gasteiger partial charge >= 0.3 is 0 Å². The van der Waals surface area contributed by atoms with Crippen molar-refractivity contribution in [2.24, 2.45) is 0 Å². The molecule has 1 heteroatoms. The number of aliphatic hydroxyl groups is 1. The number of benzene rings is 1. The minimum Gasteiger partial charge on any atom is -0.396 e. The van der Waals surface area contributed by atoms with Gasteiger partial charge < -0.3 is 5.11 Å². The van der Waals surface area contributed by atoms with E-state index in [1.165, 1.54) is 16.7 Å². The summed E-state index contributed by atoms with van der Waals surface area (Å²) in [5.41, 5.74) is 4.00. The van der Waals surface area contributed by atoms with Crippen LogP contribution in [0.3, 0.4) is 0 Å². The average Bonchev–Trinajstić information content (AvgIpc) is 2.04. The molecule has 0 saturated carbocycles. The second kappa shape index (κ2) is 4.43. The summed E-state index contributed by atoms with van der Waals surface area (Å²) in [5.74, 6) is 0.464. The maximum Gasteiger partial charge on any atom is 0.0436 e. The Labute approximate surface area is 80.4 Å². The van der Waals surface area contributed by atoms with Crippen LogP contribution in [0.5, 0.6) is 0 Å². The Balaban J connectivity index is 2.88. The zero-order chi connectivity index (χ0) is 9.84. The zero-order valence-electron chi connectivity index (χ0n) is 8.67. The molecule has 1 aromatic rings. The number of hydrogen-bond donors (Lipinski definition) is 1. The Morgan fingerprint density at radius 1 is 1.31 bits per heavy atom. The molecule has 72 valence electrons. The van der Waals surface area contributed by atoms with Crippen molar-refractivity contribution < 1.29 is 5.11 Å². The molecule has 1 aromatic carbocycles. The Morgan fingerprint density at radius 2 is 2.00 bits per heavy atom. The van der Waals surface area contributed by atoms with Crippen LogP contribution in [-0.2, 0) is 0 Å². The number of aryl methyl sites for hydroxylation is 2. The largest absolute Gasteiger partial charge is 0.396 e. The molecule has 0 aromatic heterocycles. The standard InChI is InChI=1S/C12H18O/c1-9-4-5-12(11(3)8-9)10(2)6-7-13/h4-5,8,10,13H,6-7H2,1-3H3. The molecule has 0 aliphatic heterocycles. The molecule has 0 spiro atoms. The van der Waals surface area contributed by atoms with Crippen molar-refractivity contribution in [2.75, 3.05) is 6.61 Å². The molecule has 0 heterocycles. The van der Waals surface area contributed by atoms with Crippen LogP contribution in [0, 0.1) is 13.8 Å². The summed E-state index contributed by atoms with van der Waals surface area (Å²) >= 11 is 0. The molecule has 1 N–H and O–H groups in total. The summed E-state index contributed by atoms with van der Waals surface area (Å²) in [5, 5.41) is 8.84. The summed E-state index contributed by atoms with van der Waals surface area (Å²) in [4.78, 5) is 0. The van der Waals surface area contributed by atoms with Crippen molar-refractivity contribution >= 4 is 0 Å². The summed E-state index contributed by atoms with van der Waals surface area (Å²) in [6, 6.07) is 6.50. The average molecular weight is 178 g/mol. The highest BCUT2D eigenvalue weighted by atomic mass is 16.3. The third-order valence-electron chi connectivity index (χ3n) is 2.52. The molecule has 1 unspecified atom stereocenters. The third-order valence-corrected chi connectivity index (χ3v) is 2.52. The maximum absolute atomic E-state index is 8.84. The van der Waals surface area contributed by atoms with E-state index in [1.807, 2.05) is 0 Å². The fraction of sp³-hybridized carbons (Fsp3) is 0.500. The lowest BCUT2D eigenvalue weighted by Crippen LogP contribution is -1.99. The van der Waals surface area contributed by atoms with E-state index in [0.717, 1.165) is 6.42 Å². The van der Waals surface area contributed by atoms with Gasteiger partial charge in [-0.3, -0.25) is 0 Å². The molecule has 0 bridgehead atoms. The molecule has 1 atom stereocenters. The van der Waals surface area contributed by atoms with E-state index in [1.54, 1.807) is 0 Å². The highest BCUT2D eigenvalue weighted by molar-refractivity contribution is 5.32. The van der Waals surface area contributed by atoms with Crippen molar-refractivity contribution in [3.05, 3.63) is 34.9 Å². The van der Waals surface area contributed by atoms with Crippen LogP contribution in [-0.4, -0.2) is 11.7 Å². The van der Waals surface area contributed by atoms with Crippen LogP contribution in [0.4, 0.5) is 0 Å². The fourth-order valence-electron chi connectivity index (χ4n) is 1.73. The van der Waals surface area contributed by atoms with E-state index in [4.69, 9.17) is 5.11 Å². The second-order valence-electron chi connectivity index (χ2n) is 3.77. The molecule has 0 fully saturated rings. The minimum atomic E-state index is 0.272. The predicted molar refractivity (Wildman–Crippen MR) is 56.0 cm³/mol. The van der Waals surface area contributed by atoms with Crippen LogP contribution >= 0.6 is 0 Å². The van der Waals surface area contributed by atoms with Crippen molar-refractivity contribution in [3.8, 4) is 0 Å². The molecule has 0 aliphatic rings. The first-order valence-electron chi connectivity index (χ1n) is 4.83. The summed E-state index contributed by atoms with van der Waals surface area (Å²) < 4.78 is 0. The zero-order valence-corrected chi connectivity index (χ0v) is 8.67. The van der Waals surface area contributed by atoms with Gasteiger partial charge in [-0.15, -0.1) is 0 Å². The van der Waals surface area contributed by atoms with Gasteiger partial charge in [-0.1, -0.05) is 30.7 Å². The van der Waals surface area contributed by atoms with Crippen LogP contribution in [0.25, 0.3) is 0 Å². The second-order valence-corrected chi connectivity index (χ2v) is 3.77. The van der Waals surface area contributed by atoms with Gasteiger partial charge in [0, 0.05) is 6.61 Å². The SMILES string of the molecule is Cc1ccc(C(C)CCO)c(C)c1. The molecule has 1 nitrogen and oxygen atoms in total. The Bertz CT molecular complexity index is 278. The van der Waals surface area contributed by atoms with Crippen molar-refractivity contribution in [2.45, 2.75) is 33.1 Å². The van der Waals surface area contributed by atoms with Crippen LogP contribution < -0.4 is 0 Å². The van der Waals surface area contributed by atoms with Crippen molar-refractivity contribution in [1.82, 2.24) is 0 Å². The first kappa shape index (κ1) is 10.3. The van der Waals surface area contributed by atoms with E-state index in [9.17, 15) is 0 Å². The highest BCUT2D eigenvalue weighted by Crippen LogP contribution is 2.22. The van der Waals surface area contributed by atoms with Crippen molar-refractivity contribution in [3.63, 3.8) is 0 Å². The topological polar surface area (TPSA) is 20.2 Å². The van der Waals surface area contributed by atoms with E-state index < -0.39 is 0 Å². The monoisotopic (exact) mass is 178 g/mol. The molecule has 1 rings (SSSR count). The first-order valence-corrected chi connectivity index (χ1v) is 4.83. The normalized spacial score (nSPS) is 12.9. The van der Waals surface area contributed by atoms with E-state index >= 15 is 0 Å². The first-order chi connectivity index (χ1) is 6.15. The third kappa shape index (κ3) is 2.56. The van der Waals surface area contributed by atoms with Crippen LogP contribution in [0.15, 0.2) is 18.2 Å². The van der Waals surface area contributed by atoms with Gasteiger partial charge in [-0.25, -0.2) is 0 Å². The Morgan fingerprint density at radius 3 is 2.54 bits per heavy atom. The summed E-state index contributed by atoms with van der Waals surface area (Å²) in [6.45, 7) is 6.67. The van der Waals surface area contributed by atoms with Gasteiger partial charge in [0.2, 0.25) is 0 Å². The lowest BCUT2D eigenvalue weighted by molar-refractivity contribution is 0.278. The molecular formula is C12H18O. The molecule has 0 radical (unpaired) electrons. The van der Waals surface area contributed by atoms with Gasteiger partial charge in [-0.05, 0) is 37.3 Å². The molecule has 0 aliphatic carbocycles. The lowest BCUT2D eigenvalue weighted by Gasteiger charge is -2.13. The lowest BCUT2D eigenvalue weighted by atomic mass is 9.93. The van der Waals surface area contributed by atoms with Gasteiger partial charge in [0.05, 0.1) is 0 Å². The van der Waals surface area contributed by atoms with Gasteiger partial charge in [-0.2, -0.15) is 0 Å². The summed E-state index contributed by atoms with van der Waals surface area (Å²) in [6.07, 6.45) is 0.851. The van der Waals surface area contributed by atoms with E-state index in [-0.39, 0.29) is 6.61 Å². The van der Waals surface area contributed by atoms with Gasteiger partial charge in [0.15, 0.2) is 0 Å². The summed E-state index contributed by atoms with van der Waals surface area (Å²) in [7, 11) is 0. The van der Waals surface area contributed by atoms with E-state index in [2.05, 4.69) is 39.0 Å². The number of aliphatic hydroxyl groups excluding tert-OH is 1. The van der Waals surface area contributed by atoms with Crippen LogP contribution in [0.1, 0.15) is 36.0 Å². The maximum atomic E-state index is 8.84. The molecular weight excluding hydrogens is 160 g/mol. The van der Waals surface area contributed by atoms with Crippen LogP contribution in [0.2, 0.25) is 0 Å². The smallest absolute Gasteiger partial charge is 0.0436 e. The highest BCUT2D eigenvalue weighted by Gasteiger charge is 2.07. The number of rotatable bonds is 3. The molecule has 0 amide bonds. The predicted octanol–water partition coefficient (Wildman–Crippen LogP) is 2.79. The number of hydrogen-bond acceptors (Lipinski definition) is 1. The molecule has 0 saturated heterocycles. The minimum absolute atomic E-state index is 0.272. The quantitative estimate of drug-likeness (QED) is 0.754. The molecule has 13 heavy (non-hydrogen) atoms. The van der Waals surface area contributed by atoms with Crippen molar-refractivity contribution in [1.29, 1.82) is 0 Å². The fourth-order valence-corrected chi connectivity index (χ4v) is 1.73. The Kier molecular flexibility index (Phi) is 3.49. The van der Waals surface area contributed by atoms with Gasteiger partial charge in [0.1, 0.15) is 0 Å².